The number of rotatable bonds is 2. The molecule has 0 spiro atoms. The Bertz CT molecular complexity index is 366. The summed E-state index contributed by atoms with van der Waals surface area (Å²) in [5.41, 5.74) is 0. The van der Waals surface area contributed by atoms with E-state index in [9.17, 15) is 27.6 Å². The topological polar surface area (TPSA) is 128 Å². The van der Waals surface area contributed by atoms with Crippen molar-refractivity contribution >= 4 is 7.32 Å². The Morgan fingerprint density at radius 3 is 1.88 bits per heavy atom. The Hall–Kier alpha value is -1.36. The summed E-state index contributed by atoms with van der Waals surface area (Å²) >= 11 is 0. The lowest BCUT2D eigenvalue weighted by atomic mass is 10.2. The van der Waals surface area contributed by atoms with Crippen LogP contribution in [0.2, 0.25) is 0 Å². The molecule has 1 rings (SSSR count). The fourth-order valence-corrected chi connectivity index (χ4v) is 0.741. The van der Waals surface area contributed by atoms with E-state index < -0.39 is 36.3 Å². The van der Waals surface area contributed by atoms with Crippen LogP contribution >= 0.6 is 0 Å². The SMILES string of the molecule is [NH4+].[NH4+].[O-]B([O-])Oc1cc(F)c(F)c(F)c1F. The zero-order chi connectivity index (χ0) is 10.9. The highest BCUT2D eigenvalue weighted by atomic mass is 19.2. The molecule has 0 aliphatic carbocycles. The van der Waals surface area contributed by atoms with Crippen LogP contribution in [0.1, 0.15) is 0 Å². The van der Waals surface area contributed by atoms with Crippen LogP contribution in [0.5, 0.6) is 5.75 Å². The van der Waals surface area contributed by atoms with E-state index in [0.29, 0.717) is 0 Å². The Kier molecular flexibility index (Phi) is 6.69. The van der Waals surface area contributed by atoms with Gasteiger partial charge in [-0.05, 0) is 0 Å². The average molecular weight is 244 g/mol. The van der Waals surface area contributed by atoms with Crippen LogP contribution < -0.4 is 27.0 Å². The van der Waals surface area contributed by atoms with Crippen LogP contribution in [0, 0.1) is 23.3 Å². The van der Waals surface area contributed by atoms with Gasteiger partial charge in [0.05, 0.1) is 0 Å². The third-order valence-electron chi connectivity index (χ3n) is 1.29. The quantitative estimate of drug-likeness (QED) is 0.330. The van der Waals surface area contributed by atoms with Gasteiger partial charge in [-0.1, -0.05) is 0 Å². The van der Waals surface area contributed by atoms with E-state index in [1.54, 1.807) is 0 Å². The fraction of sp³-hybridized carbons (Fsp3) is 0. The minimum absolute atomic E-state index is 0. The summed E-state index contributed by atoms with van der Waals surface area (Å²) in [5.74, 6) is -9.10. The van der Waals surface area contributed by atoms with Crippen molar-refractivity contribution in [1.82, 2.24) is 12.3 Å². The summed E-state index contributed by atoms with van der Waals surface area (Å²) in [6.07, 6.45) is 0. The van der Waals surface area contributed by atoms with Crippen molar-refractivity contribution in [3.8, 4) is 5.75 Å². The molecule has 0 fully saturated rings. The van der Waals surface area contributed by atoms with Crippen molar-refractivity contribution in [3.63, 3.8) is 0 Å². The van der Waals surface area contributed by atoms with Crippen LogP contribution in [-0.4, -0.2) is 7.32 Å². The molecule has 1 aromatic carbocycles. The molecule has 0 saturated carbocycles. The Morgan fingerprint density at radius 2 is 1.44 bits per heavy atom. The van der Waals surface area contributed by atoms with E-state index in [2.05, 4.69) is 4.65 Å². The van der Waals surface area contributed by atoms with E-state index in [4.69, 9.17) is 0 Å². The minimum Gasteiger partial charge on any atom is -0.860 e. The lowest BCUT2D eigenvalue weighted by Gasteiger charge is -2.26. The van der Waals surface area contributed by atoms with Crippen molar-refractivity contribution in [2.75, 3.05) is 0 Å². The lowest BCUT2D eigenvalue weighted by molar-refractivity contribution is -0.372. The van der Waals surface area contributed by atoms with Gasteiger partial charge in [-0.25, -0.2) is 13.2 Å². The number of benzene rings is 1. The van der Waals surface area contributed by atoms with Gasteiger partial charge in [-0.15, -0.1) is 0 Å². The van der Waals surface area contributed by atoms with Gasteiger partial charge in [0.25, 0.3) is 0 Å². The maximum atomic E-state index is 12.6. The molecule has 0 radical (unpaired) electrons. The smallest absolute Gasteiger partial charge is 0.201 e. The van der Waals surface area contributed by atoms with Gasteiger partial charge < -0.3 is 27.0 Å². The molecular formula is C6H9BF4N2O3. The van der Waals surface area contributed by atoms with Gasteiger partial charge >= 0.3 is 0 Å². The zero-order valence-corrected chi connectivity index (χ0v) is 8.39. The van der Waals surface area contributed by atoms with Gasteiger partial charge in [0, 0.05) is 6.07 Å². The third-order valence-corrected chi connectivity index (χ3v) is 1.29. The summed E-state index contributed by atoms with van der Waals surface area (Å²) in [5, 5.41) is 19.7. The maximum absolute atomic E-state index is 12.6. The van der Waals surface area contributed by atoms with Crippen LogP contribution in [0.3, 0.4) is 0 Å². The molecule has 5 nitrogen and oxygen atoms in total. The van der Waals surface area contributed by atoms with Crippen molar-refractivity contribution in [3.05, 3.63) is 29.3 Å². The van der Waals surface area contributed by atoms with Gasteiger partial charge in [-0.3, -0.25) is 0 Å². The fourth-order valence-electron chi connectivity index (χ4n) is 0.741. The van der Waals surface area contributed by atoms with Crippen LogP contribution in [0.15, 0.2) is 6.07 Å². The number of hydrogen-bond donors (Lipinski definition) is 2. The van der Waals surface area contributed by atoms with Crippen molar-refractivity contribution < 1.29 is 32.3 Å². The monoisotopic (exact) mass is 244 g/mol. The van der Waals surface area contributed by atoms with Crippen molar-refractivity contribution in [1.29, 1.82) is 0 Å². The summed E-state index contributed by atoms with van der Waals surface area (Å²) < 4.78 is 53.4. The number of halogens is 4. The second-order valence-electron chi connectivity index (χ2n) is 2.20. The first-order chi connectivity index (χ1) is 6.43. The summed E-state index contributed by atoms with van der Waals surface area (Å²) in [7, 11) is -2.95. The molecule has 1 aromatic rings. The number of hydrogen-bond acceptors (Lipinski definition) is 3. The van der Waals surface area contributed by atoms with E-state index in [0.717, 1.165) is 0 Å². The predicted molar refractivity (Wildman–Crippen MR) is 44.6 cm³/mol. The van der Waals surface area contributed by atoms with Crippen LogP contribution in [0.25, 0.3) is 0 Å². The Balaban J connectivity index is 0. The molecule has 16 heavy (non-hydrogen) atoms. The molecule has 0 aliphatic heterocycles. The highest BCUT2D eigenvalue weighted by Crippen LogP contribution is 2.24. The Labute approximate surface area is 88.0 Å². The molecule has 0 saturated heterocycles. The molecule has 0 aromatic heterocycles. The second-order valence-corrected chi connectivity index (χ2v) is 2.20. The van der Waals surface area contributed by atoms with Crippen LogP contribution in [-0.2, 0) is 0 Å². The highest BCUT2D eigenvalue weighted by molar-refractivity contribution is 6.29. The molecule has 0 atom stereocenters. The first-order valence-corrected chi connectivity index (χ1v) is 3.24. The second kappa shape index (κ2) is 6.28. The molecule has 10 heteroatoms. The first-order valence-electron chi connectivity index (χ1n) is 3.24. The molecule has 0 amide bonds. The molecule has 0 unspecified atom stereocenters. The van der Waals surface area contributed by atoms with E-state index >= 15 is 0 Å². The molecule has 92 valence electrons. The predicted octanol–water partition coefficient (Wildman–Crippen LogP) is 0.0797. The zero-order valence-electron chi connectivity index (χ0n) is 8.39. The Morgan fingerprint density at radius 1 is 0.938 bits per heavy atom. The van der Waals surface area contributed by atoms with E-state index in [-0.39, 0.29) is 18.4 Å². The van der Waals surface area contributed by atoms with E-state index in [1.165, 1.54) is 0 Å². The first kappa shape index (κ1) is 17.1. The van der Waals surface area contributed by atoms with Crippen molar-refractivity contribution in [2.45, 2.75) is 0 Å². The third kappa shape index (κ3) is 3.34. The molecule has 8 N–H and O–H groups in total. The highest BCUT2D eigenvalue weighted by Gasteiger charge is 2.18. The van der Waals surface area contributed by atoms with E-state index in [1.807, 2.05) is 0 Å². The molecular weight excluding hydrogens is 235 g/mol. The molecule has 0 bridgehead atoms. The van der Waals surface area contributed by atoms with Gasteiger partial charge in [0.1, 0.15) is 13.1 Å². The van der Waals surface area contributed by atoms with Gasteiger partial charge in [0.2, 0.25) is 11.6 Å². The normalized spacial score (nSPS) is 8.88. The van der Waals surface area contributed by atoms with Gasteiger partial charge in [0.15, 0.2) is 11.6 Å². The summed E-state index contributed by atoms with van der Waals surface area (Å²) in [4.78, 5) is 0. The van der Waals surface area contributed by atoms with Crippen LogP contribution in [0.4, 0.5) is 17.6 Å². The maximum Gasteiger partial charge on any atom is 0.201 e. The molecule has 0 aliphatic rings. The van der Waals surface area contributed by atoms with Crippen molar-refractivity contribution in [2.24, 2.45) is 0 Å². The number of quaternary nitrogens is 2. The average Bonchev–Trinajstić information content (AvgIpc) is 2.10. The lowest BCUT2D eigenvalue weighted by Crippen LogP contribution is -2.50. The van der Waals surface area contributed by atoms with Gasteiger partial charge in [-0.2, -0.15) is 4.39 Å². The standard InChI is InChI=1S/C6HBF4O3.2H3N/c8-2-1-3(14-7(12)13)5(10)6(11)4(2)9;;/h1H;2*1H3/q-2;;/p+2. The molecule has 0 heterocycles. The summed E-state index contributed by atoms with van der Waals surface area (Å²) in [6.45, 7) is 0. The summed E-state index contributed by atoms with van der Waals surface area (Å²) in [6, 6.07) is 0.0799. The minimum atomic E-state index is -2.95. The largest absolute Gasteiger partial charge is 0.860 e.